The quantitative estimate of drug-likeness (QED) is 0.328. The molecular formula is C29H25N3O2S. The fraction of sp³-hybridized carbons (Fsp3) is 0.172. The molecule has 0 N–H and O–H groups in total. The van der Waals surface area contributed by atoms with Crippen LogP contribution < -0.4 is 4.90 Å². The van der Waals surface area contributed by atoms with Crippen LogP contribution in [0.25, 0.3) is 28.2 Å². The highest BCUT2D eigenvalue weighted by Gasteiger charge is 2.29. The SMILES string of the molecule is Cc1ccc(-c2ccc(C=C3SC(N4CCN(c5cccc6ccccc56)CC4)=NC3=O)o2)cc1. The van der Waals surface area contributed by atoms with E-state index < -0.39 is 0 Å². The predicted molar refractivity (Wildman–Crippen MR) is 145 cm³/mol. The molecule has 35 heavy (non-hydrogen) atoms. The number of thioether (sulfide) groups is 1. The fourth-order valence-electron chi connectivity index (χ4n) is 4.59. The molecule has 174 valence electrons. The van der Waals surface area contributed by atoms with Crippen LogP contribution in [-0.2, 0) is 4.79 Å². The number of anilines is 1. The summed E-state index contributed by atoms with van der Waals surface area (Å²) < 4.78 is 5.99. The molecule has 1 saturated heterocycles. The lowest BCUT2D eigenvalue weighted by molar-refractivity contribution is -0.113. The van der Waals surface area contributed by atoms with Gasteiger partial charge in [-0.25, -0.2) is 0 Å². The number of hydrogen-bond donors (Lipinski definition) is 0. The molecule has 0 radical (unpaired) electrons. The molecule has 1 amide bonds. The lowest BCUT2D eigenvalue weighted by atomic mass is 10.1. The molecule has 0 spiro atoms. The summed E-state index contributed by atoms with van der Waals surface area (Å²) in [5.41, 5.74) is 3.49. The first-order valence-electron chi connectivity index (χ1n) is 11.8. The molecule has 0 saturated carbocycles. The van der Waals surface area contributed by atoms with Crippen molar-refractivity contribution < 1.29 is 9.21 Å². The Bertz CT molecular complexity index is 1460. The van der Waals surface area contributed by atoms with Gasteiger partial charge in [0.1, 0.15) is 11.5 Å². The van der Waals surface area contributed by atoms with E-state index in [1.165, 1.54) is 33.8 Å². The van der Waals surface area contributed by atoms with Crippen LogP contribution in [-0.4, -0.2) is 42.2 Å². The summed E-state index contributed by atoms with van der Waals surface area (Å²) in [7, 11) is 0. The number of carbonyl (C=O) groups excluding carboxylic acids is 1. The average Bonchev–Trinajstić information content (AvgIpc) is 3.51. The fourth-order valence-corrected chi connectivity index (χ4v) is 5.53. The topological polar surface area (TPSA) is 49.0 Å². The van der Waals surface area contributed by atoms with Crippen LogP contribution in [0, 0.1) is 6.92 Å². The molecule has 0 unspecified atom stereocenters. The maximum Gasteiger partial charge on any atom is 0.286 e. The Labute approximate surface area is 208 Å². The molecule has 2 aliphatic rings. The van der Waals surface area contributed by atoms with Crippen molar-refractivity contribution >= 4 is 45.4 Å². The predicted octanol–water partition coefficient (Wildman–Crippen LogP) is 6.20. The normalized spacial score (nSPS) is 17.5. The molecule has 5 nitrogen and oxygen atoms in total. The molecule has 3 aromatic carbocycles. The third kappa shape index (κ3) is 4.37. The van der Waals surface area contributed by atoms with Gasteiger partial charge < -0.3 is 14.2 Å². The van der Waals surface area contributed by atoms with Gasteiger partial charge in [-0.3, -0.25) is 4.79 Å². The van der Waals surface area contributed by atoms with Crippen LogP contribution in [0.1, 0.15) is 11.3 Å². The zero-order chi connectivity index (χ0) is 23.8. The summed E-state index contributed by atoms with van der Waals surface area (Å²) >= 11 is 1.44. The number of nitrogens with zero attached hydrogens (tertiary/aromatic N) is 3. The second kappa shape index (κ2) is 9.12. The molecule has 1 fully saturated rings. The molecule has 0 aliphatic carbocycles. The van der Waals surface area contributed by atoms with Crippen molar-refractivity contribution in [2.45, 2.75) is 6.92 Å². The monoisotopic (exact) mass is 479 g/mol. The maximum atomic E-state index is 12.6. The zero-order valence-electron chi connectivity index (χ0n) is 19.5. The second-order valence-electron chi connectivity index (χ2n) is 8.85. The van der Waals surface area contributed by atoms with Gasteiger partial charge in [0.25, 0.3) is 5.91 Å². The Hall–Kier alpha value is -3.77. The highest BCUT2D eigenvalue weighted by atomic mass is 32.2. The van der Waals surface area contributed by atoms with Crippen molar-refractivity contribution in [2.75, 3.05) is 31.1 Å². The molecule has 4 aromatic rings. The van der Waals surface area contributed by atoms with Gasteiger partial charge in [0.2, 0.25) is 0 Å². The average molecular weight is 480 g/mol. The van der Waals surface area contributed by atoms with E-state index in [2.05, 4.69) is 76.3 Å². The minimum atomic E-state index is -0.199. The number of amidine groups is 1. The van der Waals surface area contributed by atoms with Crippen LogP contribution in [0.15, 0.2) is 93.2 Å². The van der Waals surface area contributed by atoms with Crippen molar-refractivity contribution in [3.63, 3.8) is 0 Å². The lowest BCUT2D eigenvalue weighted by Gasteiger charge is -2.37. The number of piperazine rings is 1. The number of aliphatic imine (C=N–C) groups is 1. The largest absolute Gasteiger partial charge is 0.457 e. The first-order chi connectivity index (χ1) is 17.1. The van der Waals surface area contributed by atoms with Crippen LogP contribution in [0.5, 0.6) is 0 Å². The number of benzene rings is 3. The van der Waals surface area contributed by atoms with Gasteiger partial charge in [-0.05, 0) is 42.3 Å². The Morgan fingerprint density at radius 3 is 2.43 bits per heavy atom. The summed E-state index contributed by atoms with van der Waals surface area (Å²) in [6.45, 7) is 5.49. The van der Waals surface area contributed by atoms with Gasteiger partial charge in [0.15, 0.2) is 5.17 Å². The van der Waals surface area contributed by atoms with Gasteiger partial charge in [-0.2, -0.15) is 4.99 Å². The van der Waals surface area contributed by atoms with Crippen molar-refractivity contribution in [1.82, 2.24) is 4.90 Å². The molecule has 0 bridgehead atoms. The highest BCUT2D eigenvalue weighted by molar-refractivity contribution is 8.18. The van der Waals surface area contributed by atoms with Gasteiger partial charge in [0.05, 0.1) is 4.91 Å². The number of hydrogen-bond acceptors (Lipinski definition) is 5. The maximum absolute atomic E-state index is 12.6. The summed E-state index contributed by atoms with van der Waals surface area (Å²) in [5, 5.41) is 3.32. The van der Waals surface area contributed by atoms with E-state index in [-0.39, 0.29) is 5.91 Å². The van der Waals surface area contributed by atoms with E-state index in [1.54, 1.807) is 6.08 Å². The standard InChI is InChI=1S/C29H25N3O2S/c1-20-9-11-22(12-10-20)26-14-13-23(34-26)19-27-28(33)30-29(35-27)32-17-15-31(16-18-32)25-8-4-6-21-5-2-3-7-24(21)25/h2-14,19H,15-18H2,1H3. The minimum absolute atomic E-state index is 0.199. The van der Waals surface area contributed by atoms with Crippen LogP contribution in [0.3, 0.4) is 0 Å². The third-order valence-corrected chi connectivity index (χ3v) is 7.55. The number of rotatable bonds is 3. The van der Waals surface area contributed by atoms with E-state index in [1.807, 2.05) is 24.3 Å². The molecule has 1 aromatic heterocycles. The van der Waals surface area contributed by atoms with Crippen molar-refractivity contribution in [1.29, 1.82) is 0 Å². The zero-order valence-corrected chi connectivity index (χ0v) is 20.3. The van der Waals surface area contributed by atoms with Gasteiger partial charge in [-0.1, -0.05) is 66.2 Å². The van der Waals surface area contributed by atoms with Crippen molar-refractivity contribution in [3.8, 4) is 11.3 Å². The number of amides is 1. The summed E-state index contributed by atoms with van der Waals surface area (Å²) in [4.78, 5) is 22.2. The van der Waals surface area contributed by atoms with Gasteiger partial charge in [-0.15, -0.1) is 0 Å². The number of carbonyl (C=O) groups is 1. The summed E-state index contributed by atoms with van der Waals surface area (Å²) in [6.07, 6.45) is 1.80. The number of aryl methyl sites for hydroxylation is 1. The molecule has 2 aliphatic heterocycles. The minimum Gasteiger partial charge on any atom is -0.457 e. The smallest absolute Gasteiger partial charge is 0.286 e. The van der Waals surface area contributed by atoms with E-state index in [4.69, 9.17) is 4.42 Å². The van der Waals surface area contributed by atoms with E-state index in [0.717, 1.165) is 42.7 Å². The second-order valence-corrected chi connectivity index (χ2v) is 9.86. The first-order valence-corrected chi connectivity index (χ1v) is 12.6. The van der Waals surface area contributed by atoms with Crippen molar-refractivity contribution in [2.24, 2.45) is 4.99 Å². The Kier molecular flexibility index (Phi) is 5.66. The lowest BCUT2D eigenvalue weighted by Crippen LogP contribution is -2.47. The molecular weight excluding hydrogens is 454 g/mol. The number of furan rings is 1. The van der Waals surface area contributed by atoms with Crippen LogP contribution in [0.2, 0.25) is 0 Å². The first kappa shape index (κ1) is 21.7. The molecule has 6 rings (SSSR count). The Morgan fingerprint density at radius 2 is 1.60 bits per heavy atom. The molecule has 0 atom stereocenters. The summed E-state index contributed by atoms with van der Waals surface area (Å²) in [6, 6.07) is 27.0. The Morgan fingerprint density at radius 1 is 0.857 bits per heavy atom. The Balaban J connectivity index is 1.12. The third-order valence-electron chi connectivity index (χ3n) is 6.50. The highest BCUT2D eigenvalue weighted by Crippen LogP contribution is 2.33. The number of fused-ring (bicyclic) bond motifs is 1. The van der Waals surface area contributed by atoms with Crippen LogP contribution >= 0.6 is 11.8 Å². The van der Waals surface area contributed by atoms with E-state index in [9.17, 15) is 4.79 Å². The van der Waals surface area contributed by atoms with E-state index in [0.29, 0.717) is 10.7 Å². The van der Waals surface area contributed by atoms with Crippen LogP contribution in [0.4, 0.5) is 5.69 Å². The van der Waals surface area contributed by atoms with Gasteiger partial charge in [0, 0.05) is 48.9 Å². The van der Waals surface area contributed by atoms with E-state index >= 15 is 0 Å². The van der Waals surface area contributed by atoms with Crippen molar-refractivity contribution in [3.05, 3.63) is 95.1 Å². The molecule has 3 heterocycles. The molecule has 6 heteroatoms. The van der Waals surface area contributed by atoms with Gasteiger partial charge >= 0.3 is 0 Å². The summed E-state index contributed by atoms with van der Waals surface area (Å²) in [5.74, 6) is 1.25.